The van der Waals surface area contributed by atoms with E-state index in [1.54, 1.807) is 12.2 Å². The van der Waals surface area contributed by atoms with Crippen LogP contribution in [-0.4, -0.2) is 96.9 Å². The Balaban J connectivity index is 1.86. The van der Waals surface area contributed by atoms with E-state index in [1.165, 1.54) is 25.3 Å². The van der Waals surface area contributed by atoms with Gasteiger partial charge >= 0.3 is 33.3 Å². The number of nitrogens with zero attached hydrogens (tertiary/aromatic N) is 2. The molecule has 2 rings (SSSR count). The van der Waals surface area contributed by atoms with E-state index in [0.29, 0.717) is 32.1 Å². The average molecular weight is 1070 g/mol. The molecule has 1 aliphatic rings. The van der Waals surface area contributed by atoms with Crippen molar-refractivity contribution in [3.05, 3.63) is 120 Å². The summed E-state index contributed by atoms with van der Waals surface area (Å²) in [5.41, 5.74) is 4.57. The second-order valence-electron chi connectivity index (χ2n) is 17.1. The third kappa shape index (κ3) is 31.9. The molecule has 19 nitrogen and oxygen atoms in total. The number of carbonyl (C=O) groups is 2. The lowest BCUT2D eigenvalue weighted by Gasteiger charge is -2.21. The lowest BCUT2D eigenvalue weighted by atomic mass is 10.1. The number of phosphoric ester groups is 2. The maximum absolute atomic E-state index is 12.8. The number of aliphatic hydroxyl groups excluding tert-OH is 3. The van der Waals surface area contributed by atoms with E-state index in [1.807, 2.05) is 36.5 Å². The molecule has 410 valence electrons. The van der Waals surface area contributed by atoms with Gasteiger partial charge in [-0.05, 0) is 76.7 Å². The predicted molar refractivity (Wildman–Crippen MR) is 281 cm³/mol. The number of anilines is 1. The van der Waals surface area contributed by atoms with Crippen LogP contribution < -0.4 is 11.4 Å². The van der Waals surface area contributed by atoms with Gasteiger partial charge in [-0.1, -0.05) is 150 Å². The van der Waals surface area contributed by atoms with Crippen LogP contribution in [0.5, 0.6) is 0 Å². The van der Waals surface area contributed by atoms with Gasteiger partial charge in [0.15, 0.2) is 12.3 Å². The quantitative estimate of drug-likeness (QED) is 0.0117. The highest BCUT2D eigenvalue weighted by Gasteiger charge is 2.46. The minimum Gasteiger partial charge on any atom is -0.462 e. The Morgan fingerprint density at radius 3 is 2.00 bits per heavy atom. The molecule has 1 saturated heterocycles. The van der Waals surface area contributed by atoms with Gasteiger partial charge in [-0.2, -0.15) is 9.29 Å². The average Bonchev–Trinajstić information content (AvgIpc) is 3.62. The first-order valence-electron chi connectivity index (χ1n) is 25.4. The molecule has 1 aromatic rings. The topological polar surface area (TPSA) is 286 Å². The van der Waals surface area contributed by atoms with Crippen LogP contribution in [0.3, 0.4) is 0 Å². The molecule has 1 aromatic heterocycles. The fourth-order valence-corrected chi connectivity index (χ4v) is 8.94. The lowest BCUT2D eigenvalue weighted by Crippen LogP contribution is -2.36. The molecule has 0 spiro atoms. The number of aliphatic hydroxyl groups is 3. The summed E-state index contributed by atoms with van der Waals surface area (Å²) in [6.45, 7) is 1.82. The Morgan fingerprint density at radius 1 is 0.740 bits per heavy atom. The van der Waals surface area contributed by atoms with E-state index >= 15 is 0 Å². The van der Waals surface area contributed by atoms with Crippen molar-refractivity contribution in [2.45, 2.75) is 173 Å². The van der Waals surface area contributed by atoms with Crippen molar-refractivity contribution >= 4 is 33.4 Å². The van der Waals surface area contributed by atoms with Crippen LogP contribution >= 0.6 is 15.6 Å². The standard InChI is InChI=1S/C52H81N3O16P2/c1-3-5-7-9-11-12-13-14-15-16-17-18-19-20-21-22-24-28-33-37-48(58)69-44(40-66-47(57)36-32-29-25-27-31-35-43(56)34-30-26-23-10-8-6-4-2)41-67-72(62,63)71-73(64,65)68-42-45-49(59)50(60)51(70-45)55-39-38-46(53)54-52(55)61/h6,8,11-12,14-15,17-18,20-21,23-24,26,28,30,34,38-39,43-45,49-51,56,59-60H,3-5,7,9-10,13,16,19,22,25,27,29,31-33,35-37,40-42H2,1-2H3,(H,62,63)(H,64,65)(H2,53,54,61)/b8-6+,12-11-,15-14-,18-17-,21-20-,26-23+,28-24-,34-30+/t43?,44-,45-,49-,50-,51-/m1/s1. The number of aromatic nitrogens is 2. The zero-order chi connectivity index (χ0) is 53.6. The molecule has 8 atom stereocenters. The van der Waals surface area contributed by atoms with Gasteiger partial charge in [-0.3, -0.25) is 23.2 Å². The zero-order valence-corrected chi connectivity index (χ0v) is 44.3. The molecular weight excluding hydrogens is 985 g/mol. The summed E-state index contributed by atoms with van der Waals surface area (Å²) < 4.78 is 56.6. The molecule has 0 radical (unpaired) electrons. The van der Waals surface area contributed by atoms with Crippen LogP contribution in [0.1, 0.15) is 142 Å². The SMILES string of the molecule is CC/C=C/C/C=C/C=C/C(O)CCCCCCCC(=O)OC[C@H](COP(=O)(O)OP(=O)(O)OC[C@H]1O[C@@H](n2ccc(N)nc2=O)[C@H](O)[C@@H]1O)OC(=O)CC/C=C\C/C=C\C/C=C\C/C=C\C/C=C\CCCCC. The van der Waals surface area contributed by atoms with Crippen molar-refractivity contribution in [3.63, 3.8) is 0 Å². The molecule has 73 heavy (non-hydrogen) atoms. The number of nitrogen functional groups attached to an aromatic ring is 1. The fourth-order valence-electron chi connectivity index (χ4n) is 6.83. The van der Waals surface area contributed by atoms with Crippen molar-refractivity contribution in [1.29, 1.82) is 0 Å². The number of esters is 2. The lowest BCUT2D eigenvalue weighted by molar-refractivity contribution is -0.161. The van der Waals surface area contributed by atoms with Gasteiger partial charge in [0, 0.05) is 19.0 Å². The molecule has 2 heterocycles. The Hall–Kier alpha value is -4.36. The Morgan fingerprint density at radius 2 is 1.34 bits per heavy atom. The van der Waals surface area contributed by atoms with E-state index in [9.17, 15) is 48.6 Å². The Kier molecular flexibility index (Phi) is 34.7. The summed E-state index contributed by atoms with van der Waals surface area (Å²) in [4.78, 5) is 61.9. The fraction of sp³-hybridized carbons (Fsp3) is 0.577. The van der Waals surface area contributed by atoms with Crippen molar-refractivity contribution in [3.8, 4) is 0 Å². The first-order valence-corrected chi connectivity index (χ1v) is 28.3. The summed E-state index contributed by atoms with van der Waals surface area (Å²) >= 11 is 0. The number of carbonyl (C=O) groups excluding carboxylic acids is 2. The van der Waals surface area contributed by atoms with E-state index in [2.05, 4.69) is 71.8 Å². The summed E-state index contributed by atoms with van der Waals surface area (Å²) in [6.07, 6.45) is 39.5. The number of allylic oxidation sites excluding steroid dienone is 15. The summed E-state index contributed by atoms with van der Waals surface area (Å²) in [7, 11) is -10.9. The maximum Gasteiger partial charge on any atom is 0.481 e. The van der Waals surface area contributed by atoms with Crippen LogP contribution in [0.25, 0.3) is 0 Å². The van der Waals surface area contributed by atoms with E-state index in [-0.39, 0.29) is 18.7 Å². The molecule has 0 amide bonds. The molecule has 1 aliphatic heterocycles. The molecule has 0 saturated carbocycles. The van der Waals surface area contributed by atoms with E-state index in [0.717, 1.165) is 68.6 Å². The Labute approximate surface area is 431 Å². The summed E-state index contributed by atoms with van der Waals surface area (Å²) in [5.74, 6) is -1.49. The van der Waals surface area contributed by atoms with Crippen LogP contribution in [0.2, 0.25) is 0 Å². The van der Waals surface area contributed by atoms with Crippen LogP contribution in [-0.2, 0) is 46.3 Å². The van der Waals surface area contributed by atoms with Gasteiger partial charge in [0.2, 0.25) is 0 Å². The zero-order valence-electron chi connectivity index (χ0n) is 42.5. The highest BCUT2D eigenvalue weighted by atomic mass is 31.3. The van der Waals surface area contributed by atoms with Crippen molar-refractivity contribution < 1.29 is 71.4 Å². The van der Waals surface area contributed by atoms with Gasteiger partial charge < -0.3 is 45.1 Å². The highest BCUT2D eigenvalue weighted by molar-refractivity contribution is 7.61. The predicted octanol–water partition coefficient (Wildman–Crippen LogP) is 9.41. The van der Waals surface area contributed by atoms with Crippen LogP contribution in [0.15, 0.2) is 114 Å². The second kappa shape index (κ2) is 39.1. The van der Waals surface area contributed by atoms with Gasteiger partial charge in [0.05, 0.1) is 19.3 Å². The molecule has 0 bridgehead atoms. The molecule has 0 aliphatic carbocycles. The minimum absolute atomic E-state index is 0.0360. The Bertz CT molecular complexity index is 2120. The van der Waals surface area contributed by atoms with Crippen molar-refractivity contribution in [2.75, 3.05) is 25.6 Å². The second-order valence-corrected chi connectivity index (χ2v) is 20.2. The highest BCUT2D eigenvalue weighted by Crippen LogP contribution is 2.60. The number of hydrogen-bond donors (Lipinski definition) is 6. The van der Waals surface area contributed by atoms with Crippen LogP contribution in [0, 0.1) is 0 Å². The maximum atomic E-state index is 12.8. The number of phosphoric acid groups is 2. The molecule has 7 N–H and O–H groups in total. The first kappa shape index (κ1) is 64.8. The smallest absolute Gasteiger partial charge is 0.462 e. The number of ether oxygens (including phenoxy) is 3. The number of rotatable bonds is 40. The minimum atomic E-state index is -5.47. The van der Waals surface area contributed by atoms with Crippen molar-refractivity contribution in [2.24, 2.45) is 0 Å². The van der Waals surface area contributed by atoms with Gasteiger partial charge in [0.1, 0.15) is 30.7 Å². The van der Waals surface area contributed by atoms with Crippen LogP contribution in [0.4, 0.5) is 5.82 Å². The summed E-state index contributed by atoms with van der Waals surface area (Å²) in [6, 6.07) is 1.24. The van der Waals surface area contributed by atoms with E-state index in [4.69, 9.17) is 29.0 Å². The molecule has 3 unspecified atom stereocenters. The first-order chi connectivity index (χ1) is 35.1. The normalized spacial score (nSPS) is 20.2. The number of unbranched alkanes of at least 4 members (excludes halogenated alkanes) is 7. The van der Waals surface area contributed by atoms with Gasteiger partial charge in [-0.25, -0.2) is 13.9 Å². The number of hydrogen-bond acceptors (Lipinski definition) is 16. The largest absolute Gasteiger partial charge is 0.481 e. The third-order valence-electron chi connectivity index (χ3n) is 10.8. The molecule has 21 heteroatoms. The number of nitrogens with two attached hydrogens (primary N) is 1. The summed E-state index contributed by atoms with van der Waals surface area (Å²) in [5, 5.41) is 31.1. The molecule has 0 aromatic carbocycles. The van der Waals surface area contributed by atoms with E-state index < -0.39 is 89.8 Å². The third-order valence-corrected chi connectivity index (χ3v) is 13.4. The van der Waals surface area contributed by atoms with Crippen molar-refractivity contribution in [1.82, 2.24) is 9.55 Å². The molecule has 1 fully saturated rings. The monoisotopic (exact) mass is 1070 g/mol. The molecular formula is C52H81N3O16P2. The van der Waals surface area contributed by atoms with Gasteiger partial charge in [-0.15, -0.1) is 0 Å². The van der Waals surface area contributed by atoms with Gasteiger partial charge in [0.25, 0.3) is 0 Å².